The number of carboxylic acids is 1. The SMILES string of the molecule is COc1ccccc1-c1nccc(COc2ccc(O)cc2CC(Oc2ncnc3sc(-c4ccc(F)cc4)c(-c4ccc(O[C@@H](CO)CN5CCN(C)CC5)c(Cl)c4C)c23)C(=O)O)n1. The number of rotatable bonds is 17. The maximum absolute atomic E-state index is 14.3. The van der Waals surface area contributed by atoms with Gasteiger partial charge in [-0.15, -0.1) is 11.3 Å². The van der Waals surface area contributed by atoms with Crippen molar-refractivity contribution in [3.8, 4) is 61.8 Å². The number of aliphatic carboxylic acids is 1. The minimum atomic E-state index is -1.52. The Balaban J connectivity index is 1.11. The standard InChI is InChI=1S/C48H46ClFN6O8S/c1-28-35(13-15-39(43(28)49)63-34(25-57)24-56-20-18-55(2)19-21-56)41-42-46(52-27-53-47(42)65-44(41)29-8-10-31(50)11-9-29)64-40(48(59)60)23-30-22-33(58)12-14-37(30)62-26-32-16-17-51-45(54-32)36-6-4-5-7-38(36)61-3/h4-17,22,27,34,40,57-58H,18-21,23-26H2,1-3H3,(H,59,60)/t34-,40?/m1/s1. The molecule has 17 heteroatoms. The second-order valence-electron chi connectivity index (χ2n) is 15.6. The monoisotopic (exact) mass is 920 g/mol. The molecule has 65 heavy (non-hydrogen) atoms. The number of aliphatic hydroxyl groups is 1. The molecule has 0 aliphatic carbocycles. The summed E-state index contributed by atoms with van der Waals surface area (Å²) in [6, 6.07) is 23.1. The average molecular weight is 921 g/mol. The highest BCUT2D eigenvalue weighted by atomic mass is 35.5. The third-order valence-corrected chi connectivity index (χ3v) is 12.8. The molecule has 1 fully saturated rings. The second kappa shape index (κ2) is 20.2. The fourth-order valence-corrected chi connectivity index (χ4v) is 9.04. The first-order chi connectivity index (χ1) is 31.5. The number of benzene rings is 4. The molecular formula is C48H46ClFN6O8S. The van der Waals surface area contributed by atoms with Crippen molar-refractivity contribution in [2.75, 3.05) is 53.5 Å². The highest BCUT2D eigenvalue weighted by Crippen LogP contribution is 2.49. The Hall–Kier alpha value is -6.43. The van der Waals surface area contributed by atoms with E-state index < -0.39 is 24.0 Å². The molecule has 0 spiro atoms. The molecule has 0 bridgehead atoms. The summed E-state index contributed by atoms with van der Waals surface area (Å²) in [5.74, 6) is -0.0818. The molecule has 3 N–H and O–H groups in total. The van der Waals surface area contributed by atoms with Gasteiger partial charge in [-0.25, -0.2) is 29.1 Å². The van der Waals surface area contributed by atoms with Crippen LogP contribution in [0, 0.1) is 12.7 Å². The van der Waals surface area contributed by atoms with E-state index in [0.717, 1.165) is 26.2 Å². The van der Waals surface area contributed by atoms with Crippen molar-refractivity contribution < 1.29 is 43.5 Å². The van der Waals surface area contributed by atoms with Gasteiger partial charge in [0.25, 0.3) is 0 Å². The fraction of sp³-hybridized carbons (Fsp3) is 0.271. The lowest BCUT2D eigenvalue weighted by Crippen LogP contribution is -2.48. The van der Waals surface area contributed by atoms with Crippen LogP contribution >= 0.6 is 22.9 Å². The molecule has 0 radical (unpaired) electrons. The maximum Gasteiger partial charge on any atom is 0.345 e. The number of carboxylic acid groups (broad SMARTS) is 1. The zero-order chi connectivity index (χ0) is 45.6. The Morgan fingerprint density at radius 3 is 2.45 bits per heavy atom. The van der Waals surface area contributed by atoms with E-state index in [1.165, 1.54) is 41.9 Å². The van der Waals surface area contributed by atoms with Gasteiger partial charge in [-0.05, 0) is 85.3 Å². The van der Waals surface area contributed by atoms with Crippen molar-refractivity contribution >= 4 is 39.1 Å². The lowest BCUT2D eigenvalue weighted by molar-refractivity contribution is -0.145. The molecule has 1 aliphatic heterocycles. The molecule has 8 rings (SSSR count). The first kappa shape index (κ1) is 45.1. The van der Waals surface area contributed by atoms with Crippen LogP contribution in [0.5, 0.6) is 28.9 Å². The van der Waals surface area contributed by atoms with Crippen LogP contribution in [0.2, 0.25) is 5.02 Å². The summed E-state index contributed by atoms with van der Waals surface area (Å²) in [4.78, 5) is 36.8. The lowest BCUT2D eigenvalue weighted by atomic mass is 9.96. The molecule has 4 heterocycles. The van der Waals surface area contributed by atoms with Crippen LogP contribution in [-0.4, -0.2) is 117 Å². The average Bonchev–Trinajstić information content (AvgIpc) is 3.71. The highest BCUT2D eigenvalue weighted by Gasteiger charge is 2.29. The molecule has 3 aromatic heterocycles. The number of piperazine rings is 1. The van der Waals surface area contributed by atoms with Crippen molar-refractivity contribution in [1.82, 2.24) is 29.7 Å². The van der Waals surface area contributed by atoms with Crippen LogP contribution in [0.25, 0.3) is 43.2 Å². The van der Waals surface area contributed by atoms with E-state index >= 15 is 0 Å². The topological polar surface area (TPSA) is 173 Å². The molecule has 2 atom stereocenters. The van der Waals surface area contributed by atoms with Crippen molar-refractivity contribution in [2.45, 2.75) is 32.2 Å². The number of aromatic hydroxyl groups is 1. The van der Waals surface area contributed by atoms with Crippen LogP contribution in [0.1, 0.15) is 16.8 Å². The lowest BCUT2D eigenvalue weighted by Gasteiger charge is -2.34. The Morgan fingerprint density at radius 1 is 0.923 bits per heavy atom. The van der Waals surface area contributed by atoms with E-state index in [0.29, 0.717) is 88.8 Å². The molecule has 4 aromatic carbocycles. The zero-order valence-electron chi connectivity index (χ0n) is 35.8. The Morgan fingerprint density at radius 2 is 1.69 bits per heavy atom. The number of carbonyl (C=O) groups is 1. The van der Waals surface area contributed by atoms with E-state index in [2.05, 4.69) is 36.8 Å². The summed E-state index contributed by atoms with van der Waals surface area (Å²) in [6.07, 6.45) is 0.625. The molecule has 7 aromatic rings. The summed E-state index contributed by atoms with van der Waals surface area (Å²) < 4.78 is 38.6. The normalized spacial score (nSPS) is 14.2. The number of halogens is 2. The van der Waals surface area contributed by atoms with Crippen LogP contribution in [0.4, 0.5) is 4.39 Å². The number of hydrogen-bond acceptors (Lipinski definition) is 14. The highest BCUT2D eigenvalue weighted by molar-refractivity contribution is 7.22. The number of aromatic nitrogens is 4. The summed E-state index contributed by atoms with van der Waals surface area (Å²) in [5.41, 5.74) is 4.16. The van der Waals surface area contributed by atoms with Gasteiger partial charge in [-0.2, -0.15) is 0 Å². The third kappa shape index (κ3) is 10.3. The number of fused-ring (bicyclic) bond motifs is 1. The predicted octanol–water partition coefficient (Wildman–Crippen LogP) is 7.94. The van der Waals surface area contributed by atoms with Gasteiger partial charge in [0.1, 0.15) is 52.7 Å². The number of ether oxygens (including phenoxy) is 4. The second-order valence-corrected chi connectivity index (χ2v) is 16.9. The third-order valence-electron chi connectivity index (χ3n) is 11.2. The molecule has 14 nitrogen and oxygen atoms in total. The van der Waals surface area contributed by atoms with E-state index in [9.17, 15) is 24.5 Å². The minimum absolute atomic E-state index is 0.000650. The molecule has 1 aliphatic rings. The number of nitrogens with zero attached hydrogens (tertiary/aromatic N) is 6. The first-order valence-electron chi connectivity index (χ1n) is 20.8. The van der Waals surface area contributed by atoms with Crippen LogP contribution in [-0.2, 0) is 17.8 Å². The quantitative estimate of drug-likeness (QED) is 0.0804. The van der Waals surface area contributed by atoms with Crippen molar-refractivity contribution in [3.63, 3.8) is 0 Å². The van der Waals surface area contributed by atoms with Gasteiger partial charge in [0.15, 0.2) is 5.82 Å². The van der Waals surface area contributed by atoms with Gasteiger partial charge in [-0.3, -0.25) is 4.90 Å². The smallest absolute Gasteiger partial charge is 0.345 e. The number of aliphatic hydroxyl groups excluding tert-OH is 1. The van der Waals surface area contributed by atoms with E-state index in [1.54, 1.807) is 43.6 Å². The summed E-state index contributed by atoms with van der Waals surface area (Å²) in [7, 11) is 3.65. The number of methoxy groups -OCH3 is 1. The van der Waals surface area contributed by atoms with Gasteiger partial charge < -0.3 is 39.2 Å². The predicted molar refractivity (Wildman–Crippen MR) is 246 cm³/mol. The molecule has 336 valence electrons. The number of hydrogen-bond donors (Lipinski definition) is 3. The summed E-state index contributed by atoms with van der Waals surface area (Å²) in [5, 5.41) is 32.3. The fourth-order valence-electron chi connectivity index (χ4n) is 7.68. The van der Waals surface area contributed by atoms with Gasteiger partial charge in [0.2, 0.25) is 12.0 Å². The molecular weight excluding hydrogens is 875 g/mol. The van der Waals surface area contributed by atoms with Crippen LogP contribution < -0.4 is 18.9 Å². The zero-order valence-corrected chi connectivity index (χ0v) is 37.4. The van der Waals surface area contributed by atoms with Gasteiger partial charge in [0, 0.05) is 61.3 Å². The number of phenols is 1. The number of thiophene rings is 1. The van der Waals surface area contributed by atoms with Crippen LogP contribution in [0.15, 0.2) is 97.5 Å². The van der Waals surface area contributed by atoms with E-state index in [4.69, 9.17) is 30.5 Å². The maximum atomic E-state index is 14.3. The van der Waals surface area contributed by atoms with Crippen molar-refractivity contribution in [1.29, 1.82) is 0 Å². The molecule has 1 saturated heterocycles. The number of likely N-dealkylation sites (N-methyl/N-ethyl adjacent to an activating group) is 1. The first-order valence-corrected chi connectivity index (χ1v) is 22.0. The Labute approximate surface area is 383 Å². The molecule has 0 saturated carbocycles. The van der Waals surface area contributed by atoms with Gasteiger partial charge >= 0.3 is 5.97 Å². The Kier molecular flexibility index (Phi) is 14.0. The summed E-state index contributed by atoms with van der Waals surface area (Å²) in [6.45, 7) is 5.71. The summed E-state index contributed by atoms with van der Waals surface area (Å²) >= 11 is 8.39. The largest absolute Gasteiger partial charge is 0.508 e. The molecule has 0 amide bonds. The molecule has 1 unspecified atom stereocenters. The van der Waals surface area contributed by atoms with E-state index in [1.807, 2.05) is 37.3 Å². The van der Waals surface area contributed by atoms with E-state index in [-0.39, 0.29) is 31.3 Å². The van der Waals surface area contributed by atoms with Gasteiger partial charge in [-0.1, -0.05) is 41.9 Å². The number of phenolic OH excluding ortho intramolecular Hbond substituents is 1. The van der Waals surface area contributed by atoms with Crippen LogP contribution in [0.3, 0.4) is 0 Å². The van der Waals surface area contributed by atoms with Crippen molar-refractivity contribution in [3.05, 3.63) is 125 Å². The number of para-hydroxylation sites is 1. The minimum Gasteiger partial charge on any atom is -0.508 e. The Bertz CT molecular complexity index is 2810. The van der Waals surface area contributed by atoms with Crippen molar-refractivity contribution in [2.24, 2.45) is 0 Å². The van der Waals surface area contributed by atoms with Gasteiger partial charge in [0.05, 0.1) is 35.4 Å².